The van der Waals surface area contributed by atoms with Crippen molar-refractivity contribution in [2.24, 2.45) is 0 Å². The molecular formula is C10H14N2O2. The number of pyridine rings is 1. The highest BCUT2D eigenvalue weighted by molar-refractivity contribution is 5.66. The van der Waals surface area contributed by atoms with Crippen molar-refractivity contribution < 1.29 is 9.53 Å². The lowest BCUT2D eigenvalue weighted by Crippen LogP contribution is -2.26. The molecule has 0 aromatic carbocycles. The van der Waals surface area contributed by atoms with Crippen molar-refractivity contribution in [1.82, 2.24) is 10.3 Å². The number of alkyl carbamates (subject to hydrolysis) is 1. The summed E-state index contributed by atoms with van der Waals surface area (Å²) in [6.07, 6.45) is 3.92. The van der Waals surface area contributed by atoms with E-state index in [2.05, 4.69) is 10.3 Å². The maximum absolute atomic E-state index is 10.9. The molecular weight excluding hydrogens is 180 g/mol. The van der Waals surface area contributed by atoms with Gasteiger partial charge >= 0.3 is 6.09 Å². The number of amides is 1. The van der Waals surface area contributed by atoms with Gasteiger partial charge in [-0.15, -0.1) is 0 Å². The van der Waals surface area contributed by atoms with Crippen molar-refractivity contribution in [1.29, 1.82) is 0 Å². The minimum Gasteiger partial charge on any atom is -0.450 e. The van der Waals surface area contributed by atoms with Gasteiger partial charge in [-0.1, -0.05) is 6.07 Å². The number of ether oxygens (including phenoxy) is 1. The van der Waals surface area contributed by atoms with Crippen LogP contribution in [0.3, 0.4) is 0 Å². The molecule has 0 unspecified atom stereocenters. The molecule has 4 nitrogen and oxygen atoms in total. The molecule has 0 aliphatic carbocycles. The largest absolute Gasteiger partial charge is 0.450 e. The highest BCUT2D eigenvalue weighted by atomic mass is 16.5. The average Bonchev–Trinajstić information content (AvgIpc) is 2.20. The Bertz CT molecular complexity index is 275. The Balaban J connectivity index is 2.19. The second-order valence-electron chi connectivity index (χ2n) is 2.76. The summed E-state index contributed by atoms with van der Waals surface area (Å²) in [6.45, 7) is 2.75. The van der Waals surface area contributed by atoms with Crippen LogP contribution in [0.2, 0.25) is 0 Å². The fourth-order valence-electron chi connectivity index (χ4n) is 1.04. The van der Waals surface area contributed by atoms with E-state index in [4.69, 9.17) is 4.74 Å². The van der Waals surface area contributed by atoms with Gasteiger partial charge in [-0.2, -0.15) is 0 Å². The Labute approximate surface area is 83.3 Å². The van der Waals surface area contributed by atoms with Crippen molar-refractivity contribution >= 4 is 6.09 Å². The monoisotopic (exact) mass is 194 g/mol. The first kappa shape index (κ1) is 10.5. The van der Waals surface area contributed by atoms with Crippen molar-refractivity contribution in [3.63, 3.8) is 0 Å². The molecule has 1 aromatic heterocycles. The quantitative estimate of drug-likeness (QED) is 0.787. The molecule has 0 radical (unpaired) electrons. The van der Waals surface area contributed by atoms with Gasteiger partial charge < -0.3 is 10.1 Å². The van der Waals surface area contributed by atoms with Crippen LogP contribution in [0, 0.1) is 0 Å². The van der Waals surface area contributed by atoms with Crippen LogP contribution in [0.25, 0.3) is 0 Å². The van der Waals surface area contributed by atoms with Crippen molar-refractivity contribution in [2.75, 3.05) is 13.2 Å². The van der Waals surface area contributed by atoms with E-state index in [1.807, 2.05) is 12.1 Å². The number of hydrogen-bond acceptors (Lipinski definition) is 3. The molecule has 1 amide bonds. The number of rotatable bonds is 4. The van der Waals surface area contributed by atoms with E-state index < -0.39 is 0 Å². The Morgan fingerprint density at radius 2 is 2.50 bits per heavy atom. The summed E-state index contributed by atoms with van der Waals surface area (Å²) in [6, 6.07) is 3.85. The predicted molar refractivity (Wildman–Crippen MR) is 53.0 cm³/mol. The van der Waals surface area contributed by atoms with E-state index in [1.165, 1.54) is 0 Å². The molecule has 0 aliphatic heterocycles. The van der Waals surface area contributed by atoms with Gasteiger partial charge in [0.2, 0.25) is 0 Å². The molecule has 1 aromatic rings. The van der Waals surface area contributed by atoms with Gasteiger partial charge in [0.1, 0.15) is 0 Å². The van der Waals surface area contributed by atoms with Crippen LogP contribution in [0.5, 0.6) is 0 Å². The number of hydrogen-bond donors (Lipinski definition) is 1. The first-order chi connectivity index (χ1) is 6.83. The highest BCUT2D eigenvalue weighted by Crippen LogP contribution is 1.95. The summed E-state index contributed by atoms with van der Waals surface area (Å²) in [5.41, 5.74) is 1.10. The summed E-state index contributed by atoms with van der Waals surface area (Å²) in [5, 5.41) is 2.64. The zero-order valence-electron chi connectivity index (χ0n) is 8.19. The van der Waals surface area contributed by atoms with Crippen molar-refractivity contribution in [3.8, 4) is 0 Å². The summed E-state index contributed by atoms with van der Waals surface area (Å²) < 4.78 is 4.71. The maximum atomic E-state index is 10.9. The second kappa shape index (κ2) is 5.96. The number of carbonyl (C=O) groups excluding carboxylic acids is 1. The fourth-order valence-corrected chi connectivity index (χ4v) is 1.04. The topological polar surface area (TPSA) is 51.2 Å². The number of carbonyl (C=O) groups is 1. The zero-order chi connectivity index (χ0) is 10.2. The molecule has 4 heteroatoms. The third kappa shape index (κ3) is 3.89. The molecule has 0 bridgehead atoms. The van der Waals surface area contributed by atoms with E-state index in [0.29, 0.717) is 13.2 Å². The number of aromatic nitrogens is 1. The standard InChI is InChI=1S/C10H14N2O2/c1-2-14-10(13)12-7-5-9-4-3-6-11-8-9/h3-4,6,8H,2,5,7H2,1H3,(H,12,13). The Hall–Kier alpha value is -1.58. The van der Waals surface area contributed by atoms with Crippen LogP contribution in [0.1, 0.15) is 12.5 Å². The lowest BCUT2D eigenvalue weighted by atomic mass is 10.2. The summed E-state index contributed by atoms with van der Waals surface area (Å²) in [7, 11) is 0. The van der Waals surface area contributed by atoms with Crippen LogP contribution < -0.4 is 5.32 Å². The lowest BCUT2D eigenvalue weighted by Gasteiger charge is -2.04. The van der Waals surface area contributed by atoms with E-state index >= 15 is 0 Å². The second-order valence-corrected chi connectivity index (χ2v) is 2.76. The van der Waals surface area contributed by atoms with E-state index in [9.17, 15) is 4.79 Å². The van der Waals surface area contributed by atoms with Gasteiger partial charge in [-0.05, 0) is 25.0 Å². The Morgan fingerprint density at radius 1 is 1.64 bits per heavy atom. The fraction of sp³-hybridized carbons (Fsp3) is 0.400. The highest BCUT2D eigenvalue weighted by Gasteiger charge is 1.98. The van der Waals surface area contributed by atoms with Crippen molar-refractivity contribution in [3.05, 3.63) is 30.1 Å². The predicted octanol–water partition coefficient (Wildman–Crippen LogP) is 1.37. The van der Waals surface area contributed by atoms with E-state index in [-0.39, 0.29) is 6.09 Å². The first-order valence-corrected chi connectivity index (χ1v) is 4.62. The van der Waals surface area contributed by atoms with Gasteiger partial charge in [-0.3, -0.25) is 4.98 Å². The Morgan fingerprint density at radius 3 is 3.14 bits per heavy atom. The SMILES string of the molecule is CCOC(=O)NCCc1cccnc1. The molecule has 14 heavy (non-hydrogen) atoms. The first-order valence-electron chi connectivity index (χ1n) is 4.62. The summed E-state index contributed by atoms with van der Waals surface area (Å²) in [5.74, 6) is 0. The van der Waals surface area contributed by atoms with E-state index in [1.54, 1.807) is 19.3 Å². The molecule has 1 N–H and O–H groups in total. The van der Waals surface area contributed by atoms with Gasteiger partial charge in [-0.25, -0.2) is 4.79 Å². The molecule has 0 spiro atoms. The molecule has 76 valence electrons. The lowest BCUT2D eigenvalue weighted by molar-refractivity contribution is 0.152. The molecule has 0 saturated carbocycles. The third-order valence-electron chi connectivity index (χ3n) is 1.68. The molecule has 1 rings (SSSR count). The molecule has 0 fully saturated rings. The summed E-state index contributed by atoms with van der Waals surface area (Å²) in [4.78, 5) is 14.9. The Kier molecular flexibility index (Phi) is 4.47. The molecule has 1 heterocycles. The smallest absolute Gasteiger partial charge is 0.407 e. The number of nitrogens with zero attached hydrogens (tertiary/aromatic N) is 1. The van der Waals surface area contributed by atoms with Gasteiger partial charge in [0, 0.05) is 18.9 Å². The minimum atomic E-state index is -0.364. The van der Waals surface area contributed by atoms with Crippen LogP contribution in [-0.2, 0) is 11.2 Å². The van der Waals surface area contributed by atoms with Crippen LogP contribution in [-0.4, -0.2) is 24.2 Å². The molecule has 0 saturated heterocycles. The average molecular weight is 194 g/mol. The van der Waals surface area contributed by atoms with Crippen LogP contribution in [0.15, 0.2) is 24.5 Å². The normalized spacial score (nSPS) is 9.50. The maximum Gasteiger partial charge on any atom is 0.407 e. The number of nitrogens with one attached hydrogen (secondary N) is 1. The van der Waals surface area contributed by atoms with Crippen LogP contribution >= 0.6 is 0 Å². The van der Waals surface area contributed by atoms with E-state index in [0.717, 1.165) is 12.0 Å². The molecule has 0 atom stereocenters. The summed E-state index contributed by atoms with van der Waals surface area (Å²) >= 11 is 0. The van der Waals surface area contributed by atoms with Crippen molar-refractivity contribution in [2.45, 2.75) is 13.3 Å². The third-order valence-corrected chi connectivity index (χ3v) is 1.68. The molecule has 0 aliphatic rings. The minimum absolute atomic E-state index is 0.364. The van der Waals surface area contributed by atoms with Crippen LogP contribution in [0.4, 0.5) is 4.79 Å². The van der Waals surface area contributed by atoms with Gasteiger partial charge in [0.05, 0.1) is 6.61 Å². The van der Waals surface area contributed by atoms with Gasteiger partial charge in [0.15, 0.2) is 0 Å². The zero-order valence-corrected chi connectivity index (χ0v) is 8.19. The van der Waals surface area contributed by atoms with Gasteiger partial charge in [0.25, 0.3) is 0 Å².